The summed E-state index contributed by atoms with van der Waals surface area (Å²) >= 11 is 1.30. The van der Waals surface area contributed by atoms with E-state index in [0.29, 0.717) is 28.4 Å². The van der Waals surface area contributed by atoms with Gasteiger partial charge >= 0.3 is 0 Å². The summed E-state index contributed by atoms with van der Waals surface area (Å²) in [6, 6.07) is 11.0. The second-order valence-corrected chi connectivity index (χ2v) is 6.74. The highest BCUT2D eigenvalue weighted by molar-refractivity contribution is 7.99. The molecule has 1 N–H and O–H groups in total. The number of benzene rings is 2. The molecule has 4 aromatic rings. The average molecular weight is 385 g/mol. The lowest BCUT2D eigenvalue weighted by Gasteiger charge is -2.05. The Balaban J connectivity index is 1.46. The summed E-state index contributed by atoms with van der Waals surface area (Å²) < 4.78 is 28.7. The van der Waals surface area contributed by atoms with E-state index in [4.69, 9.17) is 0 Å². The molecule has 2 heterocycles. The fourth-order valence-electron chi connectivity index (χ4n) is 2.62. The molecule has 0 aliphatic rings. The zero-order valence-corrected chi connectivity index (χ0v) is 14.7. The Hall–Kier alpha value is -3.07. The van der Waals surface area contributed by atoms with Crippen LogP contribution in [0, 0.1) is 11.6 Å². The van der Waals surface area contributed by atoms with Crippen molar-refractivity contribution in [2.45, 2.75) is 11.7 Å². The lowest BCUT2D eigenvalue weighted by atomic mass is 10.2. The molecule has 0 aliphatic carbocycles. The monoisotopic (exact) mass is 385 g/mol. The van der Waals surface area contributed by atoms with Crippen LogP contribution in [0.5, 0.6) is 0 Å². The molecule has 0 bridgehead atoms. The highest BCUT2D eigenvalue weighted by Gasteiger charge is 2.14. The number of para-hydroxylation sites is 1. The van der Waals surface area contributed by atoms with Crippen molar-refractivity contribution in [3.8, 4) is 11.4 Å². The third kappa shape index (κ3) is 3.45. The fraction of sp³-hybridized carbons (Fsp3) is 0.111. The molecule has 2 aromatic heterocycles. The minimum Gasteiger partial charge on any atom is -0.298 e. The number of nitrogens with one attached hydrogen (secondary N) is 1. The van der Waals surface area contributed by atoms with Crippen LogP contribution in [0.3, 0.4) is 0 Å². The van der Waals surface area contributed by atoms with E-state index in [1.165, 1.54) is 34.8 Å². The van der Waals surface area contributed by atoms with Gasteiger partial charge in [0.1, 0.15) is 0 Å². The third-order valence-corrected chi connectivity index (χ3v) is 4.79. The number of aryl methyl sites for hydroxylation is 1. The molecule has 9 heteroatoms. The first-order valence-corrected chi connectivity index (χ1v) is 9.06. The lowest BCUT2D eigenvalue weighted by molar-refractivity contribution is 0.510. The number of hydrogen-bond donors (Lipinski definition) is 1. The number of aromatic amines is 1. The Kier molecular flexibility index (Phi) is 4.68. The van der Waals surface area contributed by atoms with Crippen LogP contribution in [-0.4, -0.2) is 30.5 Å². The van der Waals surface area contributed by atoms with E-state index >= 15 is 0 Å². The second-order valence-electron chi connectivity index (χ2n) is 5.68. The number of H-pyrrole nitrogens is 1. The predicted molar refractivity (Wildman–Crippen MR) is 98.5 cm³/mol. The molecule has 0 unspecified atom stereocenters. The average Bonchev–Trinajstić information content (AvgIpc) is 3.15. The van der Waals surface area contributed by atoms with E-state index < -0.39 is 11.6 Å². The molecule has 0 atom stereocenters. The summed E-state index contributed by atoms with van der Waals surface area (Å²) in [7, 11) is 0. The van der Waals surface area contributed by atoms with Crippen molar-refractivity contribution in [3.05, 3.63) is 70.8 Å². The Labute approximate surface area is 156 Å². The predicted octanol–water partition coefficient (Wildman–Crippen LogP) is 3.25. The normalized spacial score (nSPS) is 11.2. The van der Waals surface area contributed by atoms with Gasteiger partial charge in [0, 0.05) is 12.3 Å². The Morgan fingerprint density at radius 2 is 1.96 bits per heavy atom. The first kappa shape index (κ1) is 17.3. The smallest absolute Gasteiger partial charge is 0.261 e. The molecule has 0 radical (unpaired) electrons. The van der Waals surface area contributed by atoms with E-state index in [0.717, 1.165) is 6.07 Å². The fourth-order valence-corrected chi connectivity index (χ4v) is 3.36. The van der Waals surface area contributed by atoms with E-state index in [9.17, 15) is 13.6 Å². The second kappa shape index (κ2) is 7.28. The lowest BCUT2D eigenvalue weighted by Crippen LogP contribution is -2.21. The molecular weight excluding hydrogens is 372 g/mol. The molecule has 136 valence electrons. The minimum absolute atomic E-state index is 0.0179. The van der Waals surface area contributed by atoms with Crippen LogP contribution in [0.2, 0.25) is 0 Å². The third-order valence-electron chi connectivity index (χ3n) is 3.97. The summed E-state index contributed by atoms with van der Waals surface area (Å²) in [5.41, 5.74) is 0.560. The molecule has 6 nitrogen and oxygen atoms in total. The van der Waals surface area contributed by atoms with Crippen molar-refractivity contribution in [2.75, 3.05) is 5.75 Å². The summed E-state index contributed by atoms with van der Waals surface area (Å²) in [6.45, 7) is 0.416. The number of nitrogens with zero attached hydrogens (tertiary/aromatic N) is 4. The van der Waals surface area contributed by atoms with Gasteiger partial charge in [-0.25, -0.2) is 18.7 Å². The van der Waals surface area contributed by atoms with Crippen LogP contribution in [0.15, 0.2) is 58.7 Å². The van der Waals surface area contributed by atoms with E-state index in [1.54, 1.807) is 18.2 Å². The first-order valence-electron chi connectivity index (χ1n) is 8.07. The Morgan fingerprint density at radius 3 is 2.85 bits per heavy atom. The van der Waals surface area contributed by atoms with Gasteiger partial charge in [-0.05, 0) is 24.3 Å². The molecule has 0 spiro atoms. The molecule has 0 fully saturated rings. The Morgan fingerprint density at radius 1 is 1.11 bits per heavy atom. The maximum atomic E-state index is 13.8. The van der Waals surface area contributed by atoms with Gasteiger partial charge in [-0.15, -0.1) is 5.10 Å². The quantitative estimate of drug-likeness (QED) is 0.534. The standard InChI is InChI=1S/C18H13F2N5OS/c19-13-6-3-5-12(15(13)20)16-22-18(24-23-16)27-9-8-25-10-21-14-7-2-1-4-11(14)17(25)26/h1-7,10H,8-9H2,(H,22,23,24). The molecule has 0 saturated carbocycles. The van der Waals surface area contributed by atoms with E-state index in [2.05, 4.69) is 20.2 Å². The number of thioether (sulfide) groups is 1. The first-order chi connectivity index (χ1) is 13.1. The van der Waals surface area contributed by atoms with Gasteiger partial charge in [-0.3, -0.25) is 14.5 Å². The van der Waals surface area contributed by atoms with Crippen LogP contribution < -0.4 is 5.56 Å². The zero-order chi connectivity index (χ0) is 18.8. The van der Waals surface area contributed by atoms with Crippen molar-refractivity contribution < 1.29 is 8.78 Å². The maximum absolute atomic E-state index is 13.8. The van der Waals surface area contributed by atoms with Crippen molar-refractivity contribution in [1.82, 2.24) is 24.7 Å². The molecule has 0 aliphatic heterocycles. The van der Waals surface area contributed by atoms with Crippen molar-refractivity contribution >= 4 is 22.7 Å². The number of aromatic nitrogens is 5. The molecule has 4 rings (SSSR count). The van der Waals surface area contributed by atoms with Crippen LogP contribution in [0.25, 0.3) is 22.3 Å². The number of halogens is 2. The van der Waals surface area contributed by atoms with Gasteiger partial charge < -0.3 is 0 Å². The SMILES string of the molecule is O=c1c2ccccc2ncn1CCSc1n[nH]c(-c2cccc(F)c2F)n1. The molecular formula is C18H13F2N5OS. The van der Waals surface area contributed by atoms with Crippen LogP contribution in [0.4, 0.5) is 8.78 Å². The van der Waals surface area contributed by atoms with Gasteiger partial charge in [0.25, 0.3) is 5.56 Å². The number of fused-ring (bicyclic) bond motifs is 1. The molecule has 27 heavy (non-hydrogen) atoms. The van der Waals surface area contributed by atoms with E-state index in [1.807, 2.05) is 6.07 Å². The highest BCUT2D eigenvalue weighted by atomic mass is 32.2. The van der Waals surface area contributed by atoms with Crippen LogP contribution in [0.1, 0.15) is 0 Å². The number of hydrogen-bond acceptors (Lipinski definition) is 5. The Bertz CT molecular complexity index is 1170. The van der Waals surface area contributed by atoms with Crippen LogP contribution >= 0.6 is 11.8 Å². The maximum Gasteiger partial charge on any atom is 0.261 e. The zero-order valence-electron chi connectivity index (χ0n) is 13.9. The molecule has 0 amide bonds. The minimum atomic E-state index is -0.973. The van der Waals surface area contributed by atoms with E-state index in [-0.39, 0.29) is 16.9 Å². The van der Waals surface area contributed by atoms with Crippen LogP contribution in [-0.2, 0) is 6.54 Å². The summed E-state index contributed by atoms with van der Waals surface area (Å²) in [5.74, 6) is -1.25. The number of rotatable bonds is 5. The molecule has 0 saturated heterocycles. The molecule has 2 aromatic carbocycles. The van der Waals surface area contributed by atoms with Gasteiger partial charge in [-0.1, -0.05) is 30.0 Å². The van der Waals surface area contributed by atoms with Gasteiger partial charge in [0.2, 0.25) is 5.16 Å². The van der Waals surface area contributed by atoms with Crippen molar-refractivity contribution in [3.63, 3.8) is 0 Å². The van der Waals surface area contributed by atoms with Crippen molar-refractivity contribution in [2.24, 2.45) is 0 Å². The largest absolute Gasteiger partial charge is 0.298 e. The van der Waals surface area contributed by atoms with Gasteiger partial charge in [0.05, 0.1) is 22.8 Å². The summed E-state index contributed by atoms with van der Waals surface area (Å²) in [6.07, 6.45) is 1.51. The van der Waals surface area contributed by atoms with Gasteiger partial charge in [-0.2, -0.15) is 0 Å². The summed E-state index contributed by atoms with van der Waals surface area (Å²) in [5, 5.41) is 7.55. The van der Waals surface area contributed by atoms with Gasteiger partial charge in [0.15, 0.2) is 17.5 Å². The topological polar surface area (TPSA) is 76.5 Å². The highest BCUT2D eigenvalue weighted by Crippen LogP contribution is 2.23. The summed E-state index contributed by atoms with van der Waals surface area (Å²) in [4.78, 5) is 20.9. The van der Waals surface area contributed by atoms with Crippen molar-refractivity contribution in [1.29, 1.82) is 0 Å².